The molecule has 10 heteroatoms. The highest BCUT2D eigenvalue weighted by molar-refractivity contribution is 7.99. The molecule has 3 rings (SSSR count). The summed E-state index contributed by atoms with van der Waals surface area (Å²) < 4.78 is 12.4. The fourth-order valence-corrected chi connectivity index (χ4v) is 3.86. The highest BCUT2D eigenvalue weighted by Crippen LogP contribution is 2.24. The molecule has 0 unspecified atom stereocenters. The second kappa shape index (κ2) is 13.0. The number of nitrogens with zero attached hydrogens (tertiary/aromatic N) is 4. The van der Waals surface area contributed by atoms with Crippen molar-refractivity contribution in [1.29, 1.82) is 0 Å². The fourth-order valence-electron chi connectivity index (χ4n) is 3.17. The highest BCUT2D eigenvalue weighted by Gasteiger charge is 2.13. The van der Waals surface area contributed by atoms with Gasteiger partial charge < -0.3 is 20.1 Å². The Morgan fingerprint density at radius 1 is 1.15 bits per heavy atom. The number of aromatic nitrogens is 4. The predicted octanol–water partition coefficient (Wildman–Crippen LogP) is 3.14. The Bertz CT molecular complexity index is 1020. The molecule has 2 N–H and O–H groups in total. The van der Waals surface area contributed by atoms with E-state index in [0.717, 1.165) is 40.3 Å². The molecule has 0 fully saturated rings. The van der Waals surface area contributed by atoms with Crippen LogP contribution in [0.25, 0.3) is 11.0 Å². The standard InChI is InChI=1S/C23H32N6O3S/c1-4-14-33-23-27-21(25-11-13-32-5-2)19-16-26-29(22(19)28-23)12-10-24-20(30)15-17-6-8-18(31-3)9-7-17/h6-9,16H,4-5,10-15H2,1-3H3,(H,24,30)(H,25,27,28). The van der Waals surface area contributed by atoms with Crippen LogP contribution < -0.4 is 15.4 Å². The van der Waals surface area contributed by atoms with E-state index in [2.05, 4.69) is 27.6 Å². The van der Waals surface area contributed by atoms with E-state index >= 15 is 0 Å². The molecule has 2 aromatic heterocycles. The molecule has 0 aliphatic carbocycles. The molecule has 0 atom stereocenters. The van der Waals surface area contributed by atoms with Crippen molar-refractivity contribution in [2.75, 3.05) is 44.5 Å². The lowest BCUT2D eigenvalue weighted by Gasteiger charge is -2.10. The number of nitrogens with one attached hydrogen (secondary N) is 2. The van der Waals surface area contributed by atoms with E-state index in [9.17, 15) is 4.79 Å². The molecule has 178 valence electrons. The van der Waals surface area contributed by atoms with Crippen LogP contribution in [0.1, 0.15) is 25.8 Å². The van der Waals surface area contributed by atoms with E-state index in [4.69, 9.17) is 14.5 Å². The summed E-state index contributed by atoms with van der Waals surface area (Å²) in [5.41, 5.74) is 1.69. The fraction of sp³-hybridized carbons (Fsp3) is 0.478. The number of methoxy groups -OCH3 is 1. The number of carbonyl (C=O) groups excluding carboxylic acids is 1. The number of ether oxygens (including phenoxy) is 2. The van der Waals surface area contributed by atoms with Crippen LogP contribution in [-0.4, -0.2) is 64.8 Å². The Balaban J connectivity index is 1.63. The average molecular weight is 473 g/mol. The maximum atomic E-state index is 12.3. The first-order chi connectivity index (χ1) is 16.1. The molecule has 0 aliphatic rings. The first-order valence-corrected chi connectivity index (χ1v) is 12.2. The molecule has 1 aromatic carbocycles. The van der Waals surface area contributed by atoms with Gasteiger partial charge in [-0.2, -0.15) is 5.10 Å². The summed E-state index contributed by atoms with van der Waals surface area (Å²) in [5, 5.41) is 12.4. The molecule has 0 radical (unpaired) electrons. The molecule has 2 heterocycles. The second-order valence-corrected chi connectivity index (χ2v) is 8.37. The number of carbonyl (C=O) groups is 1. The van der Waals surface area contributed by atoms with Crippen LogP contribution in [0.3, 0.4) is 0 Å². The SMILES string of the molecule is CCCSc1nc(NCCOCC)c2cnn(CCNC(=O)Cc3ccc(OC)cc3)c2n1. The smallest absolute Gasteiger partial charge is 0.224 e. The van der Waals surface area contributed by atoms with E-state index in [1.807, 2.05) is 35.9 Å². The van der Waals surface area contributed by atoms with E-state index < -0.39 is 0 Å². The van der Waals surface area contributed by atoms with Gasteiger partial charge >= 0.3 is 0 Å². The van der Waals surface area contributed by atoms with Crippen molar-refractivity contribution in [3.05, 3.63) is 36.0 Å². The van der Waals surface area contributed by atoms with E-state index in [0.29, 0.717) is 44.4 Å². The number of hydrogen-bond donors (Lipinski definition) is 2. The Kier molecular flexibility index (Phi) is 9.77. The molecule has 9 nitrogen and oxygen atoms in total. The second-order valence-electron chi connectivity index (χ2n) is 7.31. The van der Waals surface area contributed by atoms with Crippen LogP contribution in [0.15, 0.2) is 35.6 Å². The van der Waals surface area contributed by atoms with E-state index in [-0.39, 0.29) is 5.91 Å². The highest BCUT2D eigenvalue weighted by atomic mass is 32.2. The predicted molar refractivity (Wildman–Crippen MR) is 131 cm³/mol. The Hall–Kier alpha value is -2.85. The first-order valence-electron chi connectivity index (χ1n) is 11.2. The Morgan fingerprint density at radius 3 is 2.70 bits per heavy atom. The Morgan fingerprint density at radius 2 is 1.97 bits per heavy atom. The van der Waals surface area contributed by atoms with E-state index in [1.54, 1.807) is 25.1 Å². The van der Waals surface area contributed by atoms with Crippen LogP contribution in [0, 0.1) is 0 Å². The molecular formula is C23H32N6O3S. The number of hydrogen-bond acceptors (Lipinski definition) is 8. The van der Waals surface area contributed by atoms with Crippen molar-refractivity contribution in [3.63, 3.8) is 0 Å². The van der Waals surface area contributed by atoms with Crippen molar-refractivity contribution >= 4 is 34.5 Å². The van der Waals surface area contributed by atoms with Crippen molar-refractivity contribution in [1.82, 2.24) is 25.1 Å². The van der Waals surface area contributed by atoms with Crippen LogP contribution in [0.5, 0.6) is 5.75 Å². The van der Waals surface area contributed by atoms with Gasteiger partial charge in [0.25, 0.3) is 0 Å². The lowest BCUT2D eigenvalue weighted by Crippen LogP contribution is -2.28. The number of thioether (sulfide) groups is 1. The number of amides is 1. The molecule has 1 amide bonds. The summed E-state index contributed by atoms with van der Waals surface area (Å²) in [6.07, 6.45) is 3.13. The van der Waals surface area contributed by atoms with Gasteiger partial charge in [0.2, 0.25) is 5.91 Å². The van der Waals surface area contributed by atoms with Crippen LogP contribution in [-0.2, 0) is 22.5 Å². The Labute approximate surface area is 198 Å². The molecule has 0 saturated heterocycles. The zero-order valence-corrected chi connectivity index (χ0v) is 20.3. The van der Waals surface area contributed by atoms with Gasteiger partial charge in [0.1, 0.15) is 11.6 Å². The van der Waals surface area contributed by atoms with Crippen molar-refractivity contribution < 1.29 is 14.3 Å². The van der Waals surface area contributed by atoms with Gasteiger partial charge in [-0.15, -0.1) is 0 Å². The summed E-state index contributed by atoms with van der Waals surface area (Å²) in [6.45, 7) is 7.03. The summed E-state index contributed by atoms with van der Waals surface area (Å²) >= 11 is 1.62. The van der Waals surface area contributed by atoms with E-state index in [1.165, 1.54) is 0 Å². The van der Waals surface area contributed by atoms with Crippen molar-refractivity contribution in [3.8, 4) is 5.75 Å². The lowest BCUT2D eigenvalue weighted by atomic mass is 10.1. The molecule has 3 aromatic rings. The molecule has 0 saturated carbocycles. The molecule has 33 heavy (non-hydrogen) atoms. The van der Waals surface area contributed by atoms with Crippen LogP contribution in [0.4, 0.5) is 5.82 Å². The lowest BCUT2D eigenvalue weighted by molar-refractivity contribution is -0.120. The first kappa shape index (κ1) is 24.8. The van der Waals surface area contributed by atoms with Crippen molar-refractivity contribution in [2.45, 2.75) is 38.4 Å². The molecule has 0 bridgehead atoms. The topological polar surface area (TPSA) is 103 Å². The quantitative estimate of drug-likeness (QED) is 0.210. The van der Waals surface area contributed by atoms with Crippen LogP contribution in [0.2, 0.25) is 0 Å². The molecule has 0 spiro atoms. The molecule has 0 aliphatic heterocycles. The third-order valence-corrected chi connectivity index (χ3v) is 5.88. The summed E-state index contributed by atoms with van der Waals surface area (Å²) in [4.78, 5) is 21.7. The zero-order valence-electron chi connectivity index (χ0n) is 19.5. The van der Waals surface area contributed by atoms with Gasteiger partial charge in [0.15, 0.2) is 10.8 Å². The number of fused-ring (bicyclic) bond motifs is 1. The average Bonchev–Trinajstić information content (AvgIpc) is 3.24. The largest absolute Gasteiger partial charge is 0.497 e. The summed E-state index contributed by atoms with van der Waals surface area (Å²) in [7, 11) is 1.62. The minimum atomic E-state index is -0.0382. The number of rotatable bonds is 14. The third kappa shape index (κ3) is 7.33. The molecular weight excluding hydrogens is 440 g/mol. The maximum Gasteiger partial charge on any atom is 0.224 e. The van der Waals surface area contributed by atoms with Gasteiger partial charge in [-0.3, -0.25) is 4.79 Å². The maximum absolute atomic E-state index is 12.3. The van der Waals surface area contributed by atoms with Gasteiger partial charge in [0, 0.05) is 25.4 Å². The zero-order chi connectivity index (χ0) is 23.5. The minimum Gasteiger partial charge on any atom is -0.497 e. The minimum absolute atomic E-state index is 0.0382. The van der Waals surface area contributed by atoms with Gasteiger partial charge in [-0.25, -0.2) is 14.6 Å². The third-order valence-electron chi connectivity index (χ3n) is 4.82. The van der Waals surface area contributed by atoms with Gasteiger partial charge in [-0.05, 0) is 31.0 Å². The van der Waals surface area contributed by atoms with Gasteiger partial charge in [0.05, 0.1) is 38.3 Å². The summed E-state index contributed by atoms with van der Waals surface area (Å²) in [6, 6.07) is 7.50. The van der Waals surface area contributed by atoms with Crippen LogP contribution >= 0.6 is 11.8 Å². The monoisotopic (exact) mass is 472 g/mol. The summed E-state index contributed by atoms with van der Waals surface area (Å²) in [5.74, 6) is 2.44. The van der Waals surface area contributed by atoms with Gasteiger partial charge in [-0.1, -0.05) is 30.8 Å². The van der Waals surface area contributed by atoms with Crippen molar-refractivity contribution in [2.24, 2.45) is 0 Å². The normalized spacial score (nSPS) is 11.0. The number of anilines is 1. The number of benzene rings is 1.